The van der Waals surface area contributed by atoms with E-state index in [2.05, 4.69) is 4.99 Å². The van der Waals surface area contributed by atoms with Crippen LogP contribution >= 0.6 is 23.2 Å². The molecule has 0 amide bonds. The van der Waals surface area contributed by atoms with Gasteiger partial charge in [0, 0.05) is 10.6 Å². The molecule has 1 aliphatic heterocycles. The zero-order valence-corrected chi connectivity index (χ0v) is 16.2. The fourth-order valence-electron chi connectivity index (χ4n) is 2.57. The number of ether oxygens (including phenoxy) is 4. The molecular weight excluding hydrogens is 393 g/mol. The van der Waals surface area contributed by atoms with Crippen molar-refractivity contribution in [3.63, 3.8) is 0 Å². The molecule has 2 aromatic rings. The lowest BCUT2D eigenvalue weighted by atomic mass is 10.1. The van der Waals surface area contributed by atoms with Crippen LogP contribution in [0.1, 0.15) is 11.1 Å². The molecular formula is C19H15Cl2NO5. The Morgan fingerprint density at radius 2 is 1.74 bits per heavy atom. The van der Waals surface area contributed by atoms with Crippen molar-refractivity contribution < 1.29 is 23.7 Å². The van der Waals surface area contributed by atoms with Crippen molar-refractivity contribution in [2.45, 2.75) is 0 Å². The van der Waals surface area contributed by atoms with Gasteiger partial charge in [-0.3, -0.25) is 0 Å². The van der Waals surface area contributed by atoms with E-state index < -0.39 is 5.97 Å². The Labute approximate surface area is 165 Å². The molecule has 0 aliphatic carbocycles. The fourth-order valence-corrected chi connectivity index (χ4v) is 3.06. The molecule has 0 aromatic heterocycles. The Bertz CT molecular complexity index is 969. The van der Waals surface area contributed by atoms with Crippen LogP contribution < -0.4 is 14.2 Å². The quantitative estimate of drug-likeness (QED) is 0.543. The largest absolute Gasteiger partial charge is 0.493 e. The molecule has 0 saturated heterocycles. The molecule has 140 valence electrons. The molecule has 6 nitrogen and oxygen atoms in total. The average molecular weight is 408 g/mol. The summed E-state index contributed by atoms with van der Waals surface area (Å²) in [5.41, 5.74) is 1.15. The number of cyclic esters (lactones) is 1. The van der Waals surface area contributed by atoms with Crippen LogP contribution in [0.5, 0.6) is 17.2 Å². The molecule has 8 heteroatoms. The monoisotopic (exact) mass is 407 g/mol. The van der Waals surface area contributed by atoms with Crippen molar-refractivity contribution in [2.24, 2.45) is 4.99 Å². The third-order valence-electron chi connectivity index (χ3n) is 3.81. The van der Waals surface area contributed by atoms with E-state index in [1.165, 1.54) is 21.3 Å². The van der Waals surface area contributed by atoms with Gasteiger partial charge >= 0.3 is 5.97 Å². The van der Waals surface area contributed by atoms with Crippen LogP contribution in [0, 0.1) is 0 Å². The lowest BCUT2D eigenvalue weighted by molar-refractivity contribution is -0.129. The Balaban J connectivity index is 2.05. The van der Waals surface area contributed by atoms with E-state index in [-0.39, 0.29) is 11.6 Å². The molecule has 0 spiro atoms. The Kier molecular flexibility index (Phi) is 5.58. The normalized spacial score (nSPS) is 14.8. The van der Waals surface area contributed by atoms with E-state index >= 15 is 0 Å². The van der Waals surface area contributed by atoms with Gasteiger partial charge in [0.25, 0.3) is 0 Å². The molecule has 1 heterocycles. The number of aliphatic imine (C=N–C) groups is 1. The predicted molar refractivity (Wildman–Crippen MR) is 103 cm³/mol. The molecule has 0 saturated carbocycles. The van der Waals surface area contributed by atoms with Crippen LogP contribution in [-0.2, 0) is 9.53 Å². The summed E-state index contributed by atoms with van der Waals surface area (Å²) in [6, 6.07) is 8.25. The lowest BCUT2D eigenvalue weighted by Crippen LogP contribution is -2.06. The van der Waals surface area contributed by atoms with E-state index in [1.807, 2.05) is 0 Å². The summed E-state index contributed by atoms with van der Waals surface area (Å²) < 4.78 is 21.3. The molecule has 2 aromatic carbocycles. The topological polar surface area (TPSA) is 66.4 Å². The number of esters is 1. The van der Waals surface area contributed by atoms with E-state index in [4.69, 9.17) is 42.1 Å². The van der Waals surface area contributed by atoms with Gasteiger partial charge < -0.3 is 18.9 Å². The molecule has 0 fully saturated rings. The summed E-state index contributed by atoms with van der Waals surface area (Å²) >= 11 is 12.1. The first kappa shape index (κ1) is 19.1. The Morgan fingerprint density at radius 1 is 1.00 bits per heavy atom. The summed E-state index contributed by atoms with van der Waals surface area (Å²) in [4.78, 5) is 16.5. The average Bonchev–Trinajstić information content (AvgIpc) is 3.01. The van der Waals surface area contributed by atoms with Crippen LogP contribution in [0.4, 0.5) is 0 Å². The number of carbonyl (C=O) groups is 1. The zero-order valence-electron chi connectivity index (χ0n) is 14.7. The van der Waals surface area contributed by atoms with E-state index in [1.54, 1.807) is 36.4 Å². The van der Waals surface area contributed by atoms with Gasteiger partial charge in [0.05, 0.1) is 31.9 Å². The third kappa shape index (κ3) is 3.72. The van der Waals surface area contributed by atoms with Crippen LogP contribution in [0.25, 0.3) is 6.08 Å². The fraction of sp³-hybridized carbons (Fsp3) is 0.158. The van der Waals surface area contributed by atoms with Gasteiger partial charge in [0.1, 0.15) is 0 Å². The minimum absolute atomic E-state index is 0.0986. The summed E-state index contributed by atoms with van der Waals surface area (Å²) in [5.74, 6) is 0.818. The second-order valence-corrected chi connectivity index (χ2v) is 6.23. The van der Waals surface area contributed by atoms with Crippen LogP contribution in [-0.4, -0.2) is 33.2 Å². The molecule has 0 N–H and O–H groups in total. The Hall–Kier alpha value is -2.70. The van der Waals surface area contributed by atoms with Gasteiger partial charge in [-0.05, 0) is 36.4 Å². The van der Waals surface area contributed by atoms with E-state index in [0.717, 1.165) is 0 Å². The van der Waals surface area contributed by atoms with E-state index in [0.29, 0.717) is 38.4 Å². The van der Waals surface area contributed by atoms with Crippen molar-refractivity contribution in [2.75, 3.05) is 21.3 Å². The highest BCUT2D eigenvalue weighted by Crippen LogP contribution is 2.41. The molecule has 1 aliphatic rings. The second kappa shape index (κ2) is 7.90. The smallest absolute Gasteiger partial charge is 0.363 e. The lowest BCUT2D eigenvalue weighted by Gasteiger charge is -2.14. The molecule has 0 unspecified atom stereocenters. The highest BCUT2D eigenvalue weighted by atomic mass is 35.5. The second-order valence-electron chi connectivity index (χ2n) is 5.38. The first-order valence-corrected chi connectivity index (χ1v) is 8.51. The van der Waals surface area contributed by atoms with Crippen molar-refractivity contribution >= 4 is 41.1 Å². The number of benzene rings is 2. The summed E-state index contributed by atoms with van der Waals surface area (Å²) in [6.45, 7) is 0. The first-order valence-electron chi connectivity index (χ1n) is 7.75. The van der Waals surface area contributed by atoms with Crippen molar-refractivity contribution in [3.8, 4) is 17.2 Å². The minimum Gasteiger partial charge on any atom is -0.493 e. The van der Waals surface area contributed by atoms with Crippen molar-refractivity contribution in [1.29, 1.82) is 0 Å². The van der Waals surface area contributed by atoms with Crippen molar-refractivity contribution in [1.82, 2.24) is 0 Å². The van der Waals surface area contributed by atoms with Gasteiger partial charge in [-0.1, -0.05) is 23.2 Å². The van der Waals surface area contributed by atoms with Crippen LogP contribution in [0.2, 0.25) is 10.0 Å². The van der Waals surface area contributed by atoms with Gasteiger partial charge in [0.2, 0.25) is 11.6 Å². The number of methoxy groups -OCH3 is 3. The highest BCUT2D eigenvalue weighted by molar-refractivity contribution is 6.37. The summed E-state index contributed by atoms with van der Waals surface area (Å²) in [5, 5.41) is 0.804. The van der Waals surface area contributed by atoms with Crippen LogP contribution in [0.3, 0.4) is 0 Å². The number of hydrogen-bond donors (Lipinski definition) is 0. The van der Waals surface area contributed by atoms with Gasteiger partial charge in [0.15, 0.2) is 17.2 Å². The maximum Gasteiger partial charge on any atom is 0.363 e. The van der Waals surface area contributed by atoms with Crippen molar-refractivity contribution in [3.05, 3.63) is 57.2 Å². The third-order valence-corrected chi connectivity index (χ3v) is 4.36. The maximum absolute atomic E-state index is 12.2. The number of rotatable bonds is 5. The summed E-state index contributed by atoms with van der Waals surface area (Å²) in [6.07, 6.45) is 1.54. The number of nitrogens with zero attached hydrogens (tertiary/aromatic N) is 1. The summed E-state index contributed by atoms with van der Waals surface area (Å²) in [7, 11) is 4.52. The standard InChI is InChI=1S/C19H15Cl2NO5/c1-24-15-7-4-10(16(25-2)17(15)26-3)8-14-19(23)27-18(22-14)12-6-5-11(20)9-13(12)21/h4-9H,1-3H3. The molecule has 3 rings (SSSR count). The SMILES string of the molecule is COc1ccc(C=C2N=C(c3ccc(Cl)cc3Cl)OC2=O)c(OC)c1OC. The van der Waals surface area contributed by atoms with Gasteiger partial charge in [-0.15, -0.1) is 0 Å². The minimum atomic E-state index is -0.604. The molecule has 27 heavy (non-hydrogen) atoms. The van der Waals surface area contributed by atoms with Gasteiger partial charge in [-0.25, -0.2) is 9.79 Å². The molecule has 0 bridgehead atoms. The number of hydrogen-bond acceptors (Lipinski definition) is 6. The number of halogens is 2. The first-order chi connectivity index (χ1) is 13.0. The Morgan fingerprint density at radius 3 is 2.37 bits per heavy atom. The van der Waals surface area contributed by atoms with Gasteiger partial charge in [-0.2, -0.15) is 0 Å². The maximum atomic E-state index is 12.2. The highest BCUT2D eigenvalue weighted by Gasteiger charge is 2.26. The zero-order chi connectivity index (χ0) is 19.6. The van der Waals surface area contributed by atoms with Crippen LogP contribution in [0.15, 0.2) is 41.0 Å². The van der Waals surface area contributed by atoms with E-state index in [9.17, 15) is 4.79 Å². The predicted octanol–water partition coefficient (Wildman–Crippen LogP) is 4.36. The number of carbonyl (C=O) groups excluding carboxylic acids is 1. The molecule has 0 atom stereocenters. The molecule has 0 radical (unpaired) electrons.